The minimum Gasteiger partial charge on any atom is -0.337 e. The predicted molar refractivity (Wildman–Crippen MR) is 40.7 cm³/mol. The normalized spacial score (nSPS) is 18.1. The molecule has 2 nitrogen and oxygen atoms in total. The summed E-state index contributed by atoms with van der Waals surface area (Å²) in [5.74, 6) is -1.38. The van der Waals surface area contributed by atoms with Gasteiger partial charge in [0.2, 0.25) is 0 Å². The first kappa shape index (κ1) is 8.24. The molecule has 3 heteroatoms. The molecule has 1 amide bonds. The van der Waals surface area contributed by atoms with Crippen LogP contribution in [0.25, 0.3) is 0 Å². The average molecular weight is 157 g/mol. The van der Waals surface area contributed by atoms with Crippen molar-refractivity contribution in [3.05, 3.63) is 12.4 Å². The SMILES string of the molecule is C=C(F)C(=O)N1CCCCC1. The number of piperidine rings is 1. The van der Waals surface area contributed by atoms with E-state index in [4.69, 9.17) is 0 Å². The van der Waals surface area contributed by atoms with Gasteiger partial charge in [-0.1, -0.05) is 6.58 Å². The van der Waals surface area contributed by atoms with Crippen molar-refractivity contribution in [3.63, 3.8) is 0 Å². The second kappa shape index (κ2) is 3.51. The fourth-order valence-corrected chi connectivity index (χ4v) is 1.27. The smallest absolute Gasteiger partial charge is 0.281 e. The highest BCUT2D eigenvalue weighted by Crippen LogP contribution is 2.11. The Kier molecular flexibility index (Phi) is 2.63. The molecule has 0 aliphatic carbocycles. The van der Waals surface area contributed by atoms with Crippen molar-refractivity contribution < 1.29 is 9.18 Å². The van der Waals surface area contributed by atoms with Gasteiger partial charge < -0.3 is 4.90 Å². The Balaban J connectivity index is 2.45. The summed E-state index contributed by atoms with van der Waals surface area (Å²) in [4.78, 5) is 12.5. The summed E-state index contributed by atoms with van der Waals surface area (Å²) in [6.07, 6.45) is 3.11. The van der Waals surface area contributed by atoms with E-state index in [1.807, 2.05) is 0 Å². The fraction of sp³-hybridized carbons (Fsp3) is 0.625. The molecule has 1 saturated heterocycles. The van der Waals surface area contributed by atoms with E-state index in [-0.39, 0.29) is 0 Å². The lowest BCUT2D eigenvalue weighted by Crippen LogP contribution is -2.35. The van der Waals surface area contributed by atoms with Crippen molar-refractivity contribution in [3.8, 4) is 0 Å². The standard InChI is InChI=1S/C8H12FNO/c1-7(9)8(11)10-5-3-2-4-6-10/h1-6H2. The van der Waals surface area contributed by atoms with Gasteiger partial charge in [0.05, 0.1) is 0 Å². The molecule has 1 heterocycles. The first-order valence-corrected chi connectivity index (χ1v) is 3.85. The topological polar surface area (TPSA) is 20.3 Å². The van der Waals surface area contributed by atoms with E-state index in [0.717, 1.165) is 19.3 Å². The van der Waals surface area contributed by atoms with Crippen LogP contribution in [0.3, 0.4) is 0 Å². The van der Waals surface area contributed by atoms with Crippen LogP contribution in [0.15, 0.2) is 12.4 Å². The maximum atomic E-state index is 12.3. The number of amides is 1. The van der Waals surface area contributed by atoms with Crippen LogP contribution in [0.2, 0.25) is 0 Å². The Morgan fingerprint density at radius 2 is 1.82 bits per heavy atom. The third kappa shape index (κ3) is 2.03. The average Bonchev–Trinajstić information content (AvgIpc) is 2.05. The van der Waals surface area contributed by atoms with E-state index in [1.54, 1.807) is 0 Å². The van der Waals surface area contributed by atoms with Gasteiger partial charge in [0, 0.05) is 13.1 Å². The lowest BCUT2D eigenvalue weighted by atomic mass is 10.1. The first-order chi connectivity index (χ1) is 5.22. The molecule has 0 aromatic carbocycles. The predicted octanol–water partition coefficient (Wildman–Crippen LogP) is 1.48. The number of likely N-dealkylation sites (tertiary alicyclic amines) is 1. The summed E-state index contributed by atoms with van der Waals surface area (Å²) in [7, 11) is 0. The maximum absolute atomic E-state index is 12.3. The van der Waals surface area contributed by atoms with E-state index in [9.17, 15) is 9.18 Å². The molecule has 0 aromatic heterocycles. The van der Waals surface area contributed by atoms with Crippen LogP contribution in [0.1, 0.15) is 19.3 Å². The minimum absolute atomic E-state index is 0.537. The van der Waals surface area contributed by atoms with Crippen LogP contribution < -0.4 is 0 Å². The zero-order chi connectivity index (χ0) is 8.27. The lowest BCUT2D eigenvalue weighted by molar-refractivity contribution is -0.129. The van der Waals surface area contributed by atoms with Gasteiger partial charge >= 0.3 is 0 Å². The number of nitrogens with zero attached hydrogens (tertiary/aromatic N) is 1. The minimum atomic E-state index is -0.841. The number of rotatable bonds is 1. The molecule has 62 valence electrons. The molecule has 0 spiro atoms. The van der Waals surface area contributed by atoms with Crippen molar-refractivity contribution in [2.24, 2.45) is 0 Å². The maximum Gasteiger partial charge on any atom is 0.281 e. The van der Waals surface area contributed by atoms with Crippen molar-refractivity contribution >= 4 is 5.91 Å². The number of hydrogen-bond donors (Lipinski definition) is 0. The van der Waals surface area contributed by atoms with Crippen molar-refractivity contribution in [2.45, 2.75) is 19.3 Å². The lowest BCUT2D eigenvalue weighted by Gasteiger charge is -2.25. The number of hydrogen-bond acceptors (Lipinski definition) is 1. The second-order valence-corrected chi connectivity index (χ2v) is 2.76. The van der Waals surface area contributed by atoms with Crippen LogP contribution in [0.5, 0.6) is 0 Å². The van der Waals surface area contributed by atoms with Crippen molar-refractivity contribution in [1.82, 2.24) is 4.90 Å². The van der Waals surface area contributed by atoms with Crippen molar-refractivity contribution in [2.75, 3.05) is 13.1 Å². The summed E-state index contributed by atoms with van der Waals surface area (Å²) in [5.41, 5.74) is 0. The Hall–Kier alpha value is -0.860. The summed E-state index contributed by atoms with van der Waals surface area (Å²) in [6.45, 7) is 4.34. The van der Waals surface area contributed by atoms with E-state index in [1.165, 1.54) is 4.90 Å². The number of carbonyl (C=O) groups excluding carboxylic acids is 1. The third-order valence-corrected chi connectivity index (χ3v) is 1.88. The Morgan fingerprint density at radius 1 is 1.27 bits per heavy atom. The molecule has 0 bridgehead atoms. The summed E-state index contributed by atoms with van der Waals surface area (Å²) < 4.78 is 12.3. The van der Waals surface area contributed by atoms with Gasteiger partial charge in [-0.25, -0.2) is 4.39 Å². The van der Waals surface area contributed by atoms with Crippen LogP contribution in [0, 0.1) is 0 Å². The van der Waals surface area contributed by atoms with Crippen LogP contribution in [-0.4, -0.2) is 23.9 Å². The monoisotopic (exact) mass is 157 g/mol. The summed E-state index contributed by atoms with van der Waals surface area (Å²) >= 11 is 0. The Bertz CT molecular complexity index is 173. The quantitative estimate of drug-likeness (QED) is 0.528. The molecule has 0 unspecified atom stereocenters. The molecule has 0 aromatic rings. The van der Waals surface area contributed by atoms with E-state index in [2.05, 4.69) is 6.58 Å². The first-order valence-electron chi connectivity index (χ1n) is 3.85. The largest absolute Gasteiger partial charge is 0.337 e. The number of halogens is 1. The Labute approximate surface area is 65.7 Å². The molecule has 0 radical (unpaired) electrons. The molecule has 1 aliphatic heterocycles. The molecular weight excluding hydrogens is 145 g/mol. The van der Waals surface area contributed by atoms with Crippen LogP contribution in [0.4, 0.5) is 4.39 Å². The number of carbonyl (C=O) groups is 1. The van der Waals surface area contributed by atoms with Gasteiger partial charge in [0.15, 0.2) is 5.83 Å². The van der Waals surface area contributed by atoms with E-state index < -0.39 is 11.7 Å². The van der Waals surface area contributed by atoms with Crippen molar-refractivity contribution in [1.29, 1.82) is 0 Å². The highest BCUT2D eigenvalue weighted by Gasteiger charge is 2.18. The molecule has 1 rings (SSSR count). The molecular formula is C8H12FNO. The van der Waals surface area contributed by atoms with Crippen LogP contribution >= 0.6 is 0 Å². The van der Waals surface area contributed by atoms with Gasteiger partial charge in [-0.2, -0.15) is 0 Å². The molecule has 0 atom stereocenters. The van der Waals surface area contributed by atoms with Gasteiger partial charge in [-0.3, -0.25) is 4.79 Å². The zero-order valence-electron chi connectivity index (χ0n) is 6.48. The zero-order valence-corrected chi connectivity index (χ0v) is 6.48. The summed E-state index contributed by atoms with van der Waals surface area (Å²) in [5, 5.41) is 0. The molecule has 1 fully saturated rings. The van der Waals surface area contributed by atoms with E-state index >= 15 is 0 Å². The van der Waals surface area contributed by atoms with Crippen LogP contribution in [-0.2, 0) is 4.79 Å². The highest BCUT2D eigenvalue weighted by atomic mass is 19.1. The molecule has 0 N–H and O–H groups in total. The molecule has 11 heavy (non-hydrogen) atoms. The second-order valence-electron chi connectivity index (χ2n) is 2.76. The van der Waals surface area contributed by atoms with Gasteiger partial charge in [-0.05, 0) is 19.3 Å². The third-order valence-electron chi connectivity index (χ3n) is 1.88. The van der Waals surface area contributed by atoms with Gasteiger partial charge in [0.25, 0.3) is 5.91 Å². The molecule has 0 saturated carbocycles. The van der Waals surface area contributed by atoms with Gasteiger partial charge in [0.1, 0.15) is 0 Å². The van der Waals surface area contributed by atoms with E-state index in [0.29, 0.717) is 13.1 Å². The molecule has 1 aliphatic rings. The Morgan fingerprint density at radius 3 is 2.27 bits per heavy atom. The van der Waals surface area contributed by atoms with Gasteiger partial charge in [-0.15, -0.1) is 0 Å². The highest BCUT2D eigenvalue weighted by molar-refractivity contribution is 5.90. The summed E-state index contributed by atoms with van der Waals surface area (Å²) in [6, 6.07) is 0. The fourth-order valence-electron chi connectivity index (χ4n) is 1.27.